The van der Waals surface area contributed by atoms with Crippen molar-refractivity contribution in [2.45, 2.75) is 78.1 Å². The molecule has 0 aromatic carbocycles. The van der Waals surface area contributed by atoms with Crippen molar-refractivity contribution in [1.29, 1.82) is 0 Å². The van der Waals surface area contributed by atoms with Crippen LogP contribution in [-0.4, -0.2) is 25.2 Å². The second-order valence-corrected chi connectivity index (χ2v) is 8.32. The molecule has 3 aliphatic carbocycles. The molecule has 3 aliphatic rings. The molecule has 3 rings (SSSR count). The predicted octanol–water partition coefficient (Wildman–Crippen LogP) is 4.51. The maximum atomic E-state index is 12.9. The van der Waals surface area contributed by atoms with Gasteiger partial charge in [0.25, 0.3) is 0 Å². The van der Waals surface area contributed by atoms with Gasteiger partial charge in [-0.3, -0.25) is 9.59 Å². The average Bonchev–Trinajstić information content (AvgIpc) is 3.30. The summed E-state index contributed by atoms with van der Waals surface area (Å²) < 4.78 is 11.2. The summed E-state index contributed by atoms with van der Waals surface area (Å²) in [6.07, 6.45) is 10.8. The Morgan fingerprint density at radius 3 is 1.68 bits per heavy atom. The number of hydrogen-bond acceptors (Lipinski definition) is 4. The summed E-state index contributed by atoms with van der Waals surface area (Å²) >= 11 is 0. The predicted molar refractivity (Wildman–Crippen MR) is 95.8 cm³/mol. The zero-order chi connectivity index (χ0) is 17.9. The lowest BCUT2D eigenvalue weighted by Crippen LogP contribution is -2.37. The highest BCUT2D eigenvalue weighted by Crippen LogP contribution is 2.69. The molecule has 0 radical (unpaired) electrons. The van der Waals surface area contributed by atoms with E-state index in [0.717, 1.165) is 38.5 Å². The zero-order valence-electron chi connectivity index (χ0n) is 15.9. The normalized spacial score (nSPS) is 32.2. The Labute approximate surface area is 152 Å². The van der Waals surface area contributed by atoms with Gasteiger partial charge in [-0.05, 0) is 55.8 Å². The van der Waals surface area contributed by atoms with Crippen molar-refractivity contribution in [2.75, 3.05) is 13.2 Å². The molecule has 4 atom stereocenters. The number of carbonyl (C=O) groups excluding carboxylic acids is 2. The highest BCUT2D eigenvalue weighted by molar-refractivity contribution is 5.84. The van der Waals surface area contributed by atoms with Crippen LogP contribution in [0.2, 0.25) is 0 Å². The summed E-state index contributed by atoms with van der Waals surface area (Å²) in [4.78, 5) is 25.7. The lowest BCUT2D eigenvalue weighted by molar-refractivity contribution is -0.163. The van der Waals surface area contributed by atoms with Crippen molar-refractivity contribution in [1.82, 2.24) is 0 Å². The minimum Gasteiger partial charge on any atom is -0.465 e. The van der Waals surface area contributed by atoms with E-state index in [9.17, 15) is 9.59 Å². The third-order valence-electron chi connectivity index (χ3n) is 7.08. The van der Waals surface area contributed by atoms with E-state index < -0.39 is 0 Å². The maximum absolute atomic E-state index is 12.9. The fourth-order valence-corrected chi connectivity index (χ4v) is 6.01. The highest BCUT2D eigenvalue weighted by Gasteiger charge is 2.68. The number of ether oxygens (including phenoxy) is 2. The zero-order valence-corrected chi connectivity index (χ0v) is 15.9. The van der Waals surface area contributed by atoms with Crippen molar-refractivity contribution in [3.8, 4) is 0 Å². The van der Waals surface area contributed by atoms with E-state index in [1.807, 2.05) is 0 Å². The first-order valence-electron chi connectivity index (χ1n) is 10.5. The quantitative estimate of drug-likeness (QED) is 0.477. The summed E-state index contributed by atoms with van der Waals surface area (Å²) in [7, 11) is 0. The van der Waals surface area contributed by atoms with E-state index in [4.69, 9.17) is 9.47 Å². The van der Waals surface area contributed by atoms with E-state index in [1.54, 1.807) is 0 Å². The van der Waals surface area contributed by atoms with Crippen LogP contribution in [0.25, 0.3) is 0 Å². The molecule has 4 nitrogen and oxygen atoms in total. The van der Waals surface area contributed by atoms with Crippen molar-refractivity contribution in [3.05, 3.63) is 0 Å². The summed E-state index contributed by atoms with van der Waals surface area (Å²) in [6, 6.07) is 0. The molecule has 3 saturated carbocycles. The molecule has 1 spiro atoms. The molecule has 0 amide bonds. The smallest absolute Gasteiger partial charge is 0.310 e. The number of carbonyl (C=O) groups is 2. The van der Waals surface area contributed by atoms with Gasteiger partial charge in [0.2, 0.25) is 0 Å². The Morgan fingerprint density at radius 1 is 0.840 bits per heavy atom. The Bertz CT molecular complexity index is 442. The van der Waals surface area contributed by atoms with Gasteiger partial charge in [0.05, 0.1) is 25.0 Å². The van der Waals surface area contributed by atoms with Crippen LogP contribution in [0.3, 0.4) is 0 Å². The standard InChI is InChI=1S/C21H34O4/c1-3-5-13-24-19(22)17-15-9-10-16(21(15)11-7-8-12-21)18(17)20(23)25-14-6-4-2/h15-18H,3-14H2,1-2H3. The summed E-state index contributed by atoms with van der Waals surface area (Å²) in [5, 5.41) is 0. The first-order valence-corrected chi connectivity index (χ1v) is 10.5. The van der Waals surface area contributed by atoms with Gasteiger partial charge in [-0.2, -0.15) is 0 Å². The minimum atomic E-state index is -0.261. The van der Waals surface area contributed by atoms with Crippen LogP contribution >= 0.6 is 0 Å². The van der Waals surface area contributed by atoms with Crippen LogP contribution in [0.1, 0.15) is 78.1 Å². The molecular formula is C21H34O4. The van der Waals surface area contributed by atoms with E-state index >= 15 is 0 Å². The number of rotatable bonds is 8. The van der Waals surface area contributed by atoms with Crippen LogP contribution in [0, 0.1) is 29.1 Å². The molecule has 0 N–H and O–H groups in total. The molecule has 25 heavy (non-hydrogen) atoms. The van der Waals surface area contributed by atoms with Gasteiger partial charge < -0.3 is 9.47 Å². The summed E-state index contributed by atoms with van der Waals surface area (Å²) in [5.74, 6) is -0.130. The second kappa shape index (κ2) is 8.09. The van der Waals surface area contributed by atoms with Crippen LogP contribution in [0.4, 0.5) is 0 Å². The van der Waals surface area contributed by atoms with E-state index in [2.05, 4.69) is 13.8 Å². The fraction of sp³-hybridized carbons (Fsp3) is 0.905. The third kappa shape index (κ3) is 3.33. The molecular weight excluding hydrogens is 316 g/mol. The number of hydrogen-bond donors (Lipinski definition) is 0. The number of esters is 2. The monoisotopic (exact) mass is 350 g/mol. The first kappa shape index (κ1) is 18.7. The largest absolute Gasteiger partial charge is 0.465 e. The molecule has 0 saturated heterocycles. The SMILES string of the molecule is CCCCOC(=O)C1C(C(=O)OCCCC)C2CCC1C21CCCC1. The van der Waals surface area contributed by atoms with Gasteiger partial charge in [0.15, 0.2) is 0 Å². The lowest BCUT2D eigenvalue weighted by Gasteiger charge is -2.30. The van der Waals surface area contributed by atoms with Crippen LogP contribution in [-0.2, 0) is 19.1 Å². The fourth-order valence-electron chi connectivity index (χ4n) is 6.01. The summed E-state index contributed by atoms with van der Waals surface area (Å²) in [5.41, 5.74) is 0.211. The Balaban J connectivity index is 1.77. The molecule has 0 aromatic heterocycles. The number of unbranched alkanes of at least 4 members (excludes halogenated alkanes) is 2. The highest BCUT2D eigenvalue weighted by atomic mass is 16.5. The molecule has 0 aromatic rings. The molecule has 3 fully saturated rings. The van der Waals surface area contributed by atoms with Gasteiger partial charge in [-0.1, -0.05) is 39.5 Å². The van der Waals surface area contributed by atoms with E-state index in [1.165, 1.54) is 25.7 Å². The molecule has 0 heterocycles. The molecule has 0 aliphatic heterocycles. The van der Waals surface area contributed by atoms with Gasteiger partial charge in [0, 0.05) is 0 Å². The van der Waals surface area contributed by atoms with Crippen molar-refractivity contribution >= 4 is 11.9 Å². The van der Waals surface area contributed by atoms with E-state index in [-0.39, 0.29) is 29.2 Å². The Morgan fingerprint density at radius 2 is 1.28 bits per heavy atom. The van der Waals surface area contributed by atoms with Gasteiger partial charge in [-0.25, -0.2) is 0 Å². The molecule has 2 bridgehead atoms. The van der Waals surface area contributed by atoms with Gasteiger partial charge in [-0.15, -0.1) is 0 Å². The Hall–Kier alpha value is -1.06. The van der Waals surface area contributed by atoms with Gasteiger partial charge >= 0.3 is 11.9 Å². The molecule has 4 heteroatoms. The third-order valence-corrected chi connectivity index (χ3v) is 7.08. The minimum absolute atomic E-state index is 0.135. The lowest BCUT2D eigenvalue weighted by atomic mass is 9.74. The Kier molecular flexibility index (Phi) is 6.06. The molecule has 4 unspecified atom stereocenters. The molecule has 142 valence electrons. The topological polar surface area (TPSA) is 52.6 Å². The van der Waals surface area contributed by atoms with E-state index in [0.29, 0.717) is 25.0 Å². The van der Waals surface area contributed by atoms with Crippen LogP contribution < -0.4 is 0 Å². The summed E-state index contributed by atoms with van der Waals surface area (Å²) in [6.45, 7) is 5.14. The van der Waals surface area contributed by atoms with Crippen molar-refractivity contribution < 1.29 is 19.1 Å². The maximum Gasteiger partial charge on any atom is 0.310 e. The van der Waals surface area contributed by atoms with Crippen LogP contribution in [0.5, 0.6) is 0 Å². The van der Waals surface area contributed by atoms with Crippen LogP contribution in [0.15, 0.2) is 0 Å². The second-order valence-electron chi connectivity index (χ2n) is 8.32. The van der Waals surface area contributed by atoms with Crippen molar-refractivity contribution in [2.24, 2.45) is 29.1 Å². The van der Waals surface area contributed by atoms with Crippen molar-refractivity contribution in [3.63, 3.8) is 0 Å². The van der Waals surface area contributed by atoms with Gasteiger partial charge in [0.1, 0.15) is 0 Å². The average molecular weight is 350 g/mol. The first-order chi connectivity index (χ1) is 12.2.